The molecule has 5 heteroatoms. The van der Waals surface area contributed by atoms with Gasteiger partial charge in [-0.25, -0.2) is 4.39 Å². The number of ether oxygens (including phenoxy) is 1. The summed E-state index contributed by atoms with van der Waals surface area (Å²) in [5.41, 5.74) is 6.75. The molecular weight excluding hydrogens is 269 g/mol. The minimum Gasteiger partial charge on any atom is -0.451 e. The molecule has 2 aromatic rings. The van der Waals surface area contributed by atoms with Gasteiger partial charge in [-0.05, 0) is 30.9 Å². The van der Waals surface area contributed by atoms with Gasteiger partial charge in [0.25, 0.3) is 0 Å². The van der Waals surface area contributed by atoms with Crippen LogP contribution in [0.15, 0.2) is 30.6 Å². The second kappa shape index (κ2) is 7.22. The van der Waals surface area contributed by atoms with Gasteiger partial charge in [0.2, 0.25) is 0 Å². The van der Waals surface area contributed by atoms with E-state index in [-0.39, 0.29) is 17.6 Å². The number of rotatable bonds is 7. The third kappa shape index (κ3) is 4.04. The fourth-order valence-electron chi connectivity index (χ4n) is 2.12. The summed E-state index contributed by atoms with van der Waals surface area (Å²) >= 11 is 0. The van der Waals surface area contributed by atoms with Gasteiger partial charge in [0.05, 0.1) is 12.4 Å². The molecule has 0 amide bonds. The van der Waals surface area contributed by atoms with Crippen molar-refractivity contribution in [2.75, 3.05) is 0 Å². The molecule has 0 bridgehead atoms. The Morgan fingerprint density at radius 3 is 2.90 bits per heavy atom. The van der Waals surface area contributed by atoms with Crippen LogP contribution in [0, 0.1) is 5.82 Å². The first-order chi connectivity index (χ1) is 10.1. The first kappa shape index (κ1) is 15.5. The van der Waals surface area contributed by atoms with Crippen molar-refractivity contribution in [1.29, 1.82) is 0 Å². The lowest BCUT2D eigenvalue weighted by Gasteiger charge is -2.14. The van der Waals surface area contributed by atoms with Crippen molar-refractivity contribution in [2.45, 2.75) is 45.7 Å². The number of hydrogen-bond donors (Lipinski definition) is 1. The molecule has 0 saturated heterocycles. The van der Waals surface area contributed by atoms with Gasteiger partial charge in [-0.1, -0.05) is 26.0 Å². The Labute approximate surface area is 124 Å². The summed E-state index contributed by atoms with van der Waals surface area (Å²) in [4.78, 5) is 0. The van der Waals surface area contributed by atoms with Gasteiger partial charge in [-0.3, -0.25) is 4.68 Å². The highest BCUT2D eigenvalue weighted by atomic mass is 19.1. The summed E-state index contributed by atoms with van der Waals surface area (Å²) in [6, 6.07) is 4.93. The third-order valence-corrected chi connectivity index (χ3v) is 3.34. The van der Waals surface area contributed by atoms with E-state index in [0.29, 0.717) is 12.2 Å². The Kier molecular flexibility index (Phi) is 5.33. The van der Waals surface area contributed by atoms with Crippen LogP contribution in [0.2, 0.25) is 0 Å². The lowest BCUT2D eigenvalue weighted by molar-refractivity contribution is 0.432. The van der Waals surface area contributed by atoms with E-state index in [2.05, 4.69) is 12.0 Å². The quantitative estimate of drug-likeness (QED) is 0.849. The molecule has 2 rings (SSSR count). The second-order valence-electron chi connectivity index (χ2n) is 5.14. The van der Waals surface area contributed by atoms with E-state index < -0.39 is 0 Å². The van der Waals surface area contributed by atoms with Crippen molar-refractivity contribution in [2.24, 2.45) is 5.73 Å². The standard InChI is InChI=1S/C16H22FN3O/c1-3-8-20-11-14(10-19-20)21-16-12(9-13(18)4-2)6-5-7-15(16)17/h5-7,10-11,13H,3-4,8-9,18H2,1-2H3. The maximum Gasteiger partial charge on any atom is 0.166 e. The van der Waals surface area contributed by atoms with E-state index in [0.717, 1.165) is 24.9 Å². The number of para-hydroxylation sites is 1. The molecule has 114 valence electrons. The number of nitrogens with two attached hydrogens (primary N) is 1. The van der Waals surface area contributed by atoms with Crippen LogP contribution < -0.4 is 10.5 Å². The third-order valence-electron chi connectivity index (χ3n) is 3.34. The second-order valence-corrected chi connectivity index (χ2v) is 5.14. The predicted octanol–water partition coefficient (Wildman–Crippen LogP) is 3.50. The van der Waals surface area contributed by atoms with E-state index >= 15 is 0 Å². The maximum absolute atomic E-state index is 14.1. The Hall–Kier alpha value is -1.88. The Balaban J connectivity index is 2.21. The zero-order valence-electron chi connectivity index (χ0n) is 12.6. The number of halogens is 1. The molecule has 0 spiro atoms. The van der Waals surface area contributed by atoms with E-state index in [4.69, 9.17) is 10.5 Å². The molecule has 0 radical (unpaired) electrons. The number of hydrogen-bond acceptors (Lipinski definition) is 3. The van der Waals surface area contributed by atoms with Crippen LogP contribution in [0.25, 0.3) is 0 Å². The molecule has 0 aliphatic rings. The number of aromatic nitrogens is 2. The van der Waals surface area contributed by atoms with Crippen molar-refractivity contribution < 1.29 is 9.13 Å². The molecule has 1 aromatic heterocycles. The van der Waals surface area contributed by atoms with Crippen LogP contribution in [-0.2, 0) is 13.0 Å². The van der Waals surface area contributed by atoms with Gasteiger partial charge in [0.15, 0.2) is 17.3 Å². The number of benzene rings is 1. The molecule has 0 fully saturated rings. The summed E-state index contributed by atoms with van der Waals surface area (Å²) in [6.07, 6.45) is 5.79. The van der Waals surface area contributed by atoms with Crippen molar-refractivity contribution >= 4 is 0 Å². The fourth-order valence-corrected chi connectivity index (χ4v) is 2.12. The molecule has 2 N–H and O–H groups in total. The van der Waals surface area contributed by atoms with Gasteiger partial charge in [0, 0.05) is 12.6 Å². The Bertz CT molecular complexity index is 583. The van der Waals surface area contributed by atoms with Crippen LogP contribution in [0.3, 0.4) is 0 Å². The molecule has 0 aliphatic carbocycles. The largest absolute Gasteiger partial charge is 0.451 e. The highest BCUT2D eigenvalue weighted by Gasteiger charge is 2.14. The molecule has 1 aromatic carbocycles. The molecule has 0 saturated carbocycles. The first-order valence-corrected chi connectivity index (χ1v) is 7.37. The highest BCUT2D eigenvalue weighted by Crippen LogP contribution is 2.29. The minimum absolute atomic E-state index is 0.00281. The molecule has 1 atom stereocenters. The van der Waals surface area contributed by atoms with Crippen LogP contribution in [-0.4, -0.2) is 15.8 Å². The van der Waals surface area contributed by atoms with Crippen LogP contribution in [0.1, 0.15) is 32.3 Å². The number of nitrogens with zero attached hydrogens (tertiary/aromatic N) is 2. The lowest BCUT2D eigenvalue weighted by Crippen LogP contribution is -2.21. The summed E-state index contributed by atoms with van der Waals surface area (Å²) < 4.78 is 21.5. The minimum atomic E-state index is -0.376. The van der Waals surface area contributed by atoms with E-state index in [1.165, 1.54) is 6.07 Å². The Morgan fingerprint density at radius 1 is 1.38 bits per heavy atom. The van der Waals surface area contributed by atoms with E-state index in [1.807, 2.05) is 13.0 Å². The normalized spacial score (nSPS) is 12.4. The summed E-state index contributed by atoms with van der Waals surface area (Å²) in [7, 11) is 0. The zero-order valence-corrected chi connectivity index (χ0v) is 12.6. The monoisotopic (exact) mass is 291 g/mol. The summed E-state index contributed by atoms with van der Waals surface area (Å²) in [6.45, 7) is 4.90. The van der Waals surface area contributed by atoms with Gasteiger partial charge < -0.3 is 10.5 Å². The average molecular weight is 291 g/mol. The van der Waals surface area contributed by atoms with Gasteiger partial charge in [-0.2, -0.15) is 5.10 Å². The average Bonchev–Trinajstić information content (AvgIpc) is 2.90. The molecule has 1 heterocycles. The fraction of sp³-hybridized carbons (Fsp3) is 0.438. The maximum atomic E-state index is 14.1. The summed E-state index contributed by atoms with van der Waals surface area (Å²) in [5.74, 6) is 0.413. The number of aryl methyl sites for hydroxylation is 1. The van der Waals surface area contributed by atoms with Gasteiger partial charge in [-0.15, -0.1) is 0 Å². The topological polar surface area (TPSA) is 53.1 Å². The van der Waals surface area contributed by atoms with Crippen molar-refractivity contribution in [3.05, 3.63) is 42.0 Å². The van der Waals surface area contributed by atoms with Crippen LogP contribution in [0.5, 0.6) is 11.5 Å². The first-order valence-electron chi connectivity index (χ1n) is 7.37. The molecule has 4 nitrogen and oxygen atoms in total. The highest BCUT2D eigenvalue weighted by molar-refractivity contribution is 5.38. The smallest absolute Gasteiger partial charge is 0.166 e. The van der Waals surface area contributed by atoms with Gasteiger partial charge >= 0.3 is 0 Å². The molecule has 1 unspecified atom stereocenters. The van der Waals surface area contributed by atoms with E-state index in [9.17, 15) is 4.39 Å². The van der Waals surface area contributed by atoms with Crippen molar-refractivity contribution in [1.82, 2.24) is 9.78 Å². The predicted molar refractivity (Wildman–Crippen MR) is 81.0 cm³/mol. The zero-order chi connectivity index (χ0) is 15.2. The van der Waals surface area contributed by atoms with Crippen molar-refractivity contribution in [3.8, 4) is 11.5 Å². The molecular formula is C16H22FN3O. The van der Waals surface area contributed by atoms with Crippen LogP contribution in [0.4, 0.5) is 4.39 Å². The lowest BCUT2D eigenvalue weighted by atomic mass is 10.0. The van der Waals surface area contributed by atoms with Gasteiger partial charge in [0.1, 0.15) is 0 Å². The Morgan fingerprint density at radius 2 is 2.19 bits per heavy atom. The SMILES string of the molecule is CCCn1cc(Oc2c(F)cccc2CC(N)CC)cn1. The molecule has 21 heavy (non-hydrogen) atoms. The summed E-state index contributed by atoms with van der Waals surface area (Å²) in [5, 5.41) is 4.18. The van der Waals surface area contributed by atoms with E-state index in [1.54, 1.807) is 23.1 Å². The van der Waals surface area contributed by atoms with Crippen molar-refractivity contribution in [3.63, 3.8) is 0 Å². The van der Waals surface area contributed by atoms with Crippen LogP contribution >= 0.6 is 0 Å². The molecule has 0 aliphatic heterocycles.